The number of benzene rings is 2. The van der Waals surface area contributed by atoms with Crippen LogP contribution in [0.3, 0.4) is 0 Å². The van der Waals surface area contributed by atoms with Gasteiger partial charge in [-0.05, 0) is 37.3 Å². The lowest BCUT2D eigenvalue weighted by molar-refractivity contribution is 1.10. The molecule has 0 atom stereocenters. The number of para-hydroxylation sites is 1. The Morgan fingerprint density at radius 3 is 2.58 bits per heavy atom. The number of rotatable bonds is 0. The SMILES string of the molecule is Cc1ccc2nc3c(C#N)cc4cc5ccccc5nc4n3c(=O)c2c1. The van der Waals surface area contributed by atoms with Crippen LogP contribution in [0, 0.1) is 18.3 Å². The van der Waals surface area contributed by atoms with Gasteiger partial charge in [0.2, 0.25) is 0 Å². The van der Waals surface area contributed by atoms with Crippen molar-refractivity contribution in [1.29, 1.82) is 5.26 Å². The molecule has 0 fully saturated rings. The smallest absolute Gasteiger partial charge is 0.267 e. The number of nitriles is 1. The second-order valence-electron chi connectivity index (χ2n) is 6.36. The zero-order valence-electron chi connectivity index (χ0n) is 13.9. The molecule has 0 saturated carbocycles. The maximum Gasteiger partial charge on any atom is 0.267 e. The van der Waals surface area contributed by atoms with Crippen LogP contribution in [-0.4, -0.2) is 14.4 Å². The molecule has 5 nitrogen and oxygen atoms in total. The van der Waals surface area contributed by atoms with Gasteiger partial charge in [0.25, 0.3) is 5.56 Å². The number of hydrogen-bond donors (Lipinski definition) is 0. The maximum absolute atomic E-state index is 13.2. The second kappa shape index (κ2) is 5.11. The number of hydrogen-bond acceptors (Lipinski definition) is 4. The van der Waals surface area contributed by atoms with E-state index in [4.69, 9.17) is 0 Å². The summed E-state index contributed by atoms with van der Waals surface area (Å²) < 4.78 is 1.46. The van der Waals surface area contributed by atoms with Gasteiger partial charge in [0.15, 0.2) is 5.65 Å². The Hall–Kier alpha value is -3.78. The van der Waals surface area contributed by atoms with Crippen LogP contribution in [0.1, 0.15) is 11.1 Å². The van der Waals surface area contributed by atoms with Gasteiger partial charge < -0.3 is 0 Å². The summed E-state index contributed by atoms with van der Waals surface area (Å²) in [6.45, 7) is 1.93. The number of nitrogens with zero attached hydrogens (tertiary/aromatic N) is 4. The summed E-state index contributed by atoms with van der Waals surface area (Å²) in [4.78, 5) is 22.5. The minimum Gasteiger partial charge on any atom is -0.268 e. The van der Waals surface area contributed by atoms with E-state index in [-0.39, 0.29) is 5.56 Å². The minimum atomic E-state index is -0.210. The van der Waals surface area contributed by atoms with E-state index in [0.29, 0.717) is 27.8 Å². The quantitative estimate of drug-likeness (QED) is 0.319. The molecule has 0 bridgehead atoms. The number of aromatic nitrogens is 3. The molecule has 0 N–H and O–H groups in total. The van der Waals surface area contributed by atoms with Crippen molar-refractivity contribution < 1.29 is 0 Å². The van der Waals surface area contributed by atoms with E-state index in [1.807, 2.05) is 55.5 Å². The lowest BCUT2D eigenvalue weighted by Crippen LogP contribution is -2.18. The Bertz CT molecular complexity index is 1480. The first kappa shape index (κ1) is 14.6. The van der Waals surface area contributed by atoms with Crippen LogP contribution in [0.2, 0.25) is 0 Å². The van der Waals surface area contributed by atoms with Gasteiger partial charge >= 0.3 is 0 Å². The normalized spacial score (nSPS) is 11.4. The van der Waals surface area contributed by atoms with E-state index in [1.165, 1.54) is 4.40 Å². The van der Waals surface area contributed by atoms with Crippen LogP contribution in [-0.2, 0) is 0 Å². The second-order valence-corrected chi connectivity index (χ2v) is 6.36. The van der Waals surface area contributed by atoms with E-state index >= 15 is 0 Å². The van der Waals surface area contributed by atoms with Crippen LogP contribution >= 0.6 is 0 Å². The molecule has 26 heavy (non-hydrogen) atoms. The van der Waals surface area contributed by atoms with Crippen molar-refractivity contribution >= 4 is 38.5 Å². The third kappa shape index (κ3) is 1.93. The average molecular weight is 336 g/mol. The largest absolute Gasteiger partial charge is 0.268 e. The molecule has 5 aromatic rings. The highest BCUT2D eigenvalue weighted by Gasteiger charge is 2.14. The molecule has 3 aromatic heterocycles. The zero-order valence-corrected chi connectivity index (χ0v) is 13.9. The Morgan fingerprint density at radius 1 is 0.923 bits per heavy atom. The van der Waals surface area contributed by atoms with E-state index < -0.39 is 0 Å². The highest BCUT2D eigenvalue weighted by Crippen LogP contribution is 2.23. The summed E-state index contributed by atoms with van der Waals surface area (Å²) in [5, 5.41) is 11.8. The first-order chi connectivity index (χ1) is 12.7. The fourth-order valence-electron chi connectivity index (χ4n) is 3.39. The van der Waals surface area contributed by atoms with Gasteiger partial charge in [-0.15, -0.1) is 0 Å². The molecule has 0 amide bonds. The van der Waals surface area contributed by atoms with Gasteiger partial charge in [0.05, 0.1) is 22.0 Å². The van der Waals surface area contributed by atoms with Gasteiger partial charge in [-0.3, -0.25) is 4.79 Å². The van der Waals surface area contributed by atoms with Crippen LogP contribution in [0.5, 0.6) is 0 Å². The summed E-state index contributed by atoms with van der Waals surface area (Å²) >= 11 is 0. The monoisotopic (exact) mass is 336 g/mol. The zero-order chi connectivity index (χ0) is 17.8. The van der Waals surface area contributed by atoms with Gasteiger partial charge in [-0.2, -0.15) is 5.26 Å². The summed E-state index contributed by atoms with van der Waals surface area (Å²) in [7, 11) is 0. The van der Waals surface area contributed by atoms with Crippen LogP contribution < -0.4 is 5.56 Å². The molecule has 2 aromatic carbocycles. The lowest BCUT2D eigenvalue weighted by atomic mass is 10.1. The van der Waals surface area contributed by atoms with Gasteiger partial charge in [0.1, 0.15) is 11.7 Å². The first-order valence-electron chi connectivity index (χ1n) is 8.21. The Labute approximate surface area is 147 Å². The molecule has 5 rings (SSSR count). The van der Waals surface area contributed by atoms with E-state index in [2.05, 4.69) is 16.0 Å². The summed E-state index contributed by atoms with van der Waals surface area (Å²) in [6, 6.07) is 19.1. The fraction of sp³-hybridized carbons (Fsp3) is 0.0476. The highest BCUT2D eigenvalue weighted by atomic mass is 16.1. The molecule has 0 radical (unpaired) electrons. The van der Waals surface area contributed by atoms with Crippen LogP contribution in [0.15, 0.2) is 59.4 Å². The maximum atomic E-state index is 13.2. The Morgan fingerprint density at radius 2 is 1.73 bits per heavy atom. The molecule has 0 unspecified atom stereocenters. The molecule has 3 heterocycles. The van der Waals surface area contributed by atoms with Gasteiger partial charge in [0, 0.05) is 10.8 Å². The minimum absolute atomic E-state index is 0.210. The number of pyridine rings is 2. The lowest BCUT2D eigenvalue weighted by Gasteiger charge is -2.10. The van der Waals surface area contributed by atoms with Crippen molar-refractivity contribution in [2.24, 2.45) is 0 Å². The predicted octanol–water partition coefficient (Wildman–Crippen LogP) is 3.73. The van der Waals surface area contributed by atoms with Crippen LogP contribution in [0.4, 0.5) is 0 Å². The van der Waals surface area contributed by atoms with E-state index in [1.54, 1.807) is 6.07 Å². The topological polar surface area (TPSA) is 71.1 Å². The van der Waals surface area contributed by atoms with Gasteiger partial charge in [-0.1, -0.05) is 29.8 Å². The summed E-state index contributed by atoms with van der Waals surface area (Å²) in [6.07, 6.45) is 0. The molecule has 5 heteroatoms. The fourth-order valence-corrected chi connectivity index (χ4v) is 3.39. The molecule has 0 saturated heterocycles. The van der Waals surface area contributed by atoms with Gasteiger partial charge in [-0.25, -0.2) is 14.4 Å². The molecule has 0 aliphatic carbocycles. The average Bonchev–Trinajstić information content (AvgIpc) is 2.66. The molecule has 0 aliphatic heterocycles. The standard InChI is InChI=1S/C21H12N4O/c1-12-6-7-18-16(8-12)21(26)25-19-14(10-15(11-22)20(25)24-18)9-13-4-2-3-5-17(13)23-19/h2-10H,1H3. The summed E-state index contributed by atoms with van der Waals surface area (Å²) in [5.74, 6) is 0. The number of fused-ring (bicyclic) bond motifs is 5. The Balaban J connectivity index is 2.11. The van der Waals surface area contributed by atoms with Crippen LogP contribution in [0.25, 0.3) is 38.5 Å². The number of aryl methyl sites for hydroxylation is 1. The van der Waals surface area contributed by atoms with E-state index in [0.717, 1.165) is 21.9 Å². The van der Waals surface area contributed by atoms with E-state index in [9.17, 15) is 10.1 Å². The third-order valence-electron chi connectivity index (χ3n) is 4.63. The highest BCUT2D eigenvalue weighted by molar-refractivity contribution is 5.94. The van der Waals surface area contributed by atoms with Crippen molar-refractivity contribution in [3.8, 4) is 6.07 Å². The Kier molecular flexibility index (Phi) is 2.86. The van der Waals surface area contributed by atoms with Crippen molar-refractivity contribution in [1.82, 2.24) is 14.4 Å². The predicted molar refractivity (Wildman–Crippen MR) is 101 cm³/mol. The molecule has 0 aliphatic rings. The molecular weight excluding hydrogens is 324 g/mol. The van der Waals surface area contributed by atoms with Crippen molar-refractivity contribution in [2.75, 3.05) is 0 Å². The molecule has 0 spiro atoms. The van der Waals surface area contributed by atoms with Crippen molar-refractivity contribution in [2.45, 2.75) is 6.92 Å². The molecular formula is C21H12N4O. The summed E-state index contributed by atoms with van der Waals surface area (Å²) in [5.41, 5.74) is 3.35. The van der Waals surface area contributed by atoms with Crippen molar-refractivity contribution in [3.05, 3.63) is 76.1 Å². The first-order valence-corrected chi connectivity index (χ1v) is 8.21. The van der Waals surface area contributed by atoms with Crippen molar-refractivity contribution in [3.63, 3.8) is 0 Å². The molecule has 122 valence electrons. The third-order valence-corrected chi connectivity index (χ3v) is 4.63.